The molecule has 0 aliphatic heterocycles. The van der Waals surface area contributed by atoms with E-state index in [1.165, 1.54) is 0 Å². The summed E-state index contributed by atoms with van der Waals surface area (Å²) in [5.41, 5.74) is 12.3. The smallest absolute Gasteiger partial charge is 0.326 e. The molecule has 0 aliphatic rings. The fourth-order valence-corrected chi connectivity index (χ4v) is 3.54. The van der Waals surface area contributed by atoms with Gasteiger partial charge in [-0.2, -0.15) is 12.6 Å². The third-order valence-electron chi connectivity index (χ3n) is 5.37. The second-order valence-electron chi connectivity index (χ2n) is 8.06. The number of aliphatic carboxylic acids is 1. The molecule has 1 aromatic carbocycles. The van der Waals surface area contributed by atoms with Crippen molar-refractivity contribution < 1.29 is 34.2 Å². The lowest BCUT2D eigenvalue weighted by molar-refractivity contribution is -0.143. The van der Waals surface area contributed by atoms with Gasteiger partial charge in [0, 0.05) is 35.7 Å². The van der Waals surface area contributed by atoms with Crippen molar-refractivity contribution in [2.75, 3.05) is 12.4 Å². The topological polar surface area (TPSA) is 230 Å². The van der Waals surface area contributed by atoms with Gasteiger partial charge >= 0.3 is 5.97 Å². The van der Waals surface area contributed by atoms with Crippen LogP contribution in [0.5, 0.6) is 0 Å². The molecule has 4 unspecified atom stereocenters. The second kappa shape index (κ2) is 13.5. The molecule has 0 aliphatic carbocycles. The highest BCUT2D eigenvalue weighted by atomic mass is 32.1. The van der Waals surface area contributed by atoms with Crippen LogP contribution in [0.3, 0.4) is 0 Å². The third-order valence-corrected chi connectivity index (χ3v) is 5.77. The molecule has 0 saturated carbocycles. The van der Waals surface area contributed by atoms with Gasteiger partial charge in [-0.3, -0.25) is 19.2 Å². The lowest BCUT2D eigenvalue weighted by atomic mass is 10.0. The number of rotatable bonds is 14. The zero-order valence-corrected chi connectivity index (χ0v) is 20.2. The van der Waals surface area contributed by atoms with E-state index in [4.69, 9.17) is 11.5 Å². The molecule has 13 nitrogen and oxygen atoms in total. The summed E-state index contributed by atoms with van der Waals surface area (Å²) in [6, 6.07) is 2.14. The number of aliphatic hydroxyl groups excluding tert-OH is 1. The Morgan fingerprint density at radius 3 is 2.19 bits per heavy atom. The summed E-state index contributed by atoms with van der Waals surface area (Å²) in [6.45, 7) is -0.858. The number of amides is 4. The maximum atomic E-state index is 13.1. The second-order valence-corrected chi connectivity index (χ2v) is 8.43. The number of aromatic nitrogens is 1. The molecular formula is C22H30N6O7S. The van der Waals surface area contributed by atoms with Crippen LogP contribution < -0.4 is 27.4 Å². The molecule has 0 radical (unpaired) electrons. The van der Waals surface area contributed by atoms with Gasteiger partial charge in [0.25, 0.3) is 0 Å². The lowest BCUT2D eigenvalue weighted by Gasteiger charge is -2.24. The summed E-state index contributed by atoms with van der Waals surface area (Å²) >= 11 is 3.99. The van der Waals surface area contributed by atoms with Crippen LogP contribution in [0.1, 0.15) is 18.4 Å². The Labute approximate surface area is 211 Å². The standard InChI is InChI=1S/C22H30N6O7S/c23-13(10-36)19(31)27-16(7-11-8-25-14-4-2-1-3-12(11)14)20(32)28-17(9-29)21(33)26-15(22(34)35)5-6-18(24)30/h1-4,8,13,15-17,25,29,36H,5-7,9-10,23H2,(H2,24,30)(H,26,33)(H,27,31)(H,28,32)(H,34,35). The van der Waals surface area contributed by atoms with Crippen LogP contribution in [0.4, 0.5) is 0 Å². The first kappa shape index (κ1) is 28.6. The molecule has 14 heteroatoms. The highest BCUT2D eigenvalue weighted by molar-refractivity contribution is 7.80. The van der Waals surface area contributed by atoms with Gasteiger partial charge in [0.05, 0.1) is 12.6 Å². The van der Waals surface area contributed by atoms with Crippen LogP contribution in [0.15, 0.2) is 30.5 Å². The normalized spacial score (nSPS) is 14.3. The van der Waals surface area contributed by atoms with Crippen molar-refractivity contribution in [1.29, 1.82) is 0 Å². The van der Waals surface area contributed by atoms with Crippen LogP contribution in [-0.4, -0.2) is 81.3 Å². The number of carboxylic acids is 1. The first-order chi connectivity index (χ1) is 17.1. The van der Waals surface area contributed by atoms with Gasteiger partial charge in [-0.05, 0) is 18.1 Å². The van der Waals surface area contributed by atoms with Crippen LogP contribution in [0.25, 0.3) is 10.9 Å². The number of nitrogens with one attached hydrogen (secondary N) is 4. The number of para-hydroxylation sites is 1. The van der Waals surface area contributed by atoms with Gasteiger partial charge in [-0.15, -0.1) is 0 Å². The first-order valence-electron chi connectivity index (χ1n) is 11.0. The first-order valence-corrected chi connectivity index (χ1v) is 11.6. The summed E-state index contributed by atoms with van der Waals surface area (Å²) in [6.07, 6.45) is 1.14. The zero-order chi connectivity index (χ0) is 26.8. The van der Waals surface area contributed by atoms with Crippen molar-refractivity contribution >= 4 is 53.1 Å². The summed E-state index contributed by atoms with van der Waals surface area (Å²) in [5.74, 6) is -4.59. The minimum atomic E-state index is -1.53. The van der Waals surface area contributed by atoms with Crippen LogP contribution in [0, 0.1) is 0 Å². The Balaban J connectivity index is 2.19. The molecule has 4 amide bonds. The highest BCUT2D eigenvalue weighted by Gasteiger charge is 2.30. The number of primary amides is 1. The van der Waals surface area contributed by atoms with E-state index in [1.807, 2.05) is 24.3 Å². The van der Waals surface area contributed by atoms with Crippen LogP contribution in [0.2, 0.25) is 0 Å². The molecule has 36 heavy (non-hydrogen) atoms. The summed E-state index contributed by atoms with van der Waals surface area (Å²) in [4.78, 5) is 63.5. The largest absolute Gasteiger partial charge is 0.480 e. The van der Waals surface area contributed by atoms with E-state index in [0.29, 0.717) is 5.56 Å². The minimum Gasteiger partial charge on any atom is -0.480 e. The van der Waals surface area contributed by atoms with E-state index >= 15 is 0 Å². The lowest BCUT2D eigenvalue weighted by Crippen LogP contribution is -2.58. The molecular weight excluding hydrogens is 492 g/mol. The average Bonchev–Trinajstić information content (AvgIpc) is 3.26. The number of fused-ring (bicyclic) bond motifs is 1. The number of carboxylic acid groups (broad SMARTS) is 1. The van der Waals surface area contributed by atoms with E-state index in [9.17, 15) is 34.2 Å². The third kappa shape index (κ3) is 7.96. The molecule has 0 bridgehead atoms. The van der Waals surface area contributed by atoms with Gasteiger partial charge < -0.3 is 42.6 Å². The van der Waals surface area contributed by atoms with E-state index in [1.54, 1.807) is 6.20 Å². The van der Waals surface area contributed by atoms with Gasteiger partial charge in [-0.25, -0.2) is 4.79 Å². The molecule has 2 aromatic rings. The fraction of sp³-hybridized carbons (Fsp3) is 0.409. The quantitative estimate of drug-likeness (QED) is 0.123. The molecule has 196 valence electrons. The number of H-pyrrole nitrogens is 1. The van der Waals surface area contributed by atoms with Crippen LogP contribution >= 0.6 is 12.6 Å². The molecule has 2 rings (SSSR count). The molecule has 0 fully saturated rings. The van der Waals surface area contributed by atoms with Gasteiger partial charge in [0.1, 0.15) is 18.1 Å². The van der Waals surface area contributed by atoms with Crippen molar-refractivity contribution in [1.82, 2.24) is 20.9 Å². The summed E-state index contributed by atoms with van der Waals surface area (Å²) < 4.78 is 0. The van der Waals surface area contributed by atoms with Gasteiger partial charge in [0.2, 0.25) is 23.6 Å². The number of hydrogen-bond acceptors (Lipinski definition) is 8. The summed E-state index contributed by atoms with van der Waals surface area (Å²) in [5, 5.41) is 26.8. The zero-order valence-electron chi connectivity index (χ0n) is 19.3. The van der Waals surface area contributed by atoms with E-state index < -0.39 is 60.4 Å². The number of hydrogen-bond donors (Lipinski definition) is 9. The number of carbonyl (C=O) groups excluding carboxylic acids is 4. The maximum absolute atomic E-state index is 13.1. The van der Waals surface area contributed by atoms with Gasteiger partial charge in [-0.1, -0.05) is 18.2 Å². The van der Waals surface area contributed by atoms with Gasteiger partial charge in [0.15, 0.2) is 0 Å². The summed E-state index contributed by atoms with van der Waals surface area (Å²) in [7, 11) is 0. The Morgan fingerprint density at radius 1 is 0.972 bits per heavy atom. The van der Waals surface area contributed by atoms with Crippen molar-refractivity contribution in [3.63, 3.8) is 0 Å². The Hall–Kier alpha value is -3.62. The van der Waals surface area contributed by atoms with E-state index in [2.05, 4.69) is 33.6 Å². The molecule has 1 aromatic heterocycles. The number of carbonyl (C=O) groups is 5. The fourth-order valence-electron chi connectivity index (χ4n) is 3.37. The van der Waals surface area contributed by atoms with E-state index in [0.717, 1.165) is 10.9 Å². The number of nitrogens with two attached hydrogens (primary N) is 2. The van der Waals surface area contributed by atoms with Crippen molar-refractivity contribution in [2.45, 2.75) is 43.4 Å². The Kier molecular flexibility index (Phi) is 10.7. The predicted octanol–water partition coefficient (Wildman–Crippen LogP) is -2.24. The molecule has 10 N–H and O–H groups in total. The molecule has 0 spiro atoms. The predicted molar refractivity (Wildman–Crippen MR) is 133 cm³/mol. The number of thiol groups is 1. The maximum Gasteiger partial charge on any atom is 0.326 e. The number of benzene rings is 1. The Morgan fingerprint density at radius 2 is 1.58 bits per heavy atom. The molecule has 1 heterocycles. The number of aromatic amines is 1. The molecule has 0 saturated heterocycles. The van der Waals surface area contributed by atoms with Crippen LogP contribution in [-0.2, 0) is 30.4 Å². The van der Waals surface area contributed by atoms with Crippen molar-refractivity contribution in [2.24, 2.45) is 11.5 Å². The van der Waals surface area contributed by atoms with Crippen molar-refractivity contribution in [3.05, 3.63) is 36.0 Å². The Bertz CT molecular complexity index is 1110. The molecule has 4 atom stereocenters. The number of aliphatic hydroxyl groups is 1. The highest BCUT2D eigenvalue weighted by Crippen LogP contribution is 2.19. The minimum absolute atomic E-state index is 0.0246. The monoisotopic (exact) mass is 522 g/mol. The van der Waals surface area contributed by atoms with Crippen molar-refractivity contribution in [3.8, 4) is 0 Å². The average molecular weight is 523 g/mol. The SMILES string of the molecule is NC(=O)CCC(NC(=O)C(CO)NC(=O)C(Cc1c[nH]c2ccccc12)NC(=O)C(N)CS)C(=O)O. The van der Waals surface area contributed by atoms with E-state index in [-0.39, 0.29) is 25.0 Å².